The Morgan fingerprint density at radius 2 is 1.79 bits per heavy atom. The summed E-state index contributed by atoms with van der Waals surface area (Å²) in [6, 6.07) is 9.56. The first-order valence-corrected chi connectivity index (χ1v) is 12.3. The molecule has 1 aromatic carbocycles. The van der Waals surface area contributed by atoms with Crippen LogP contribution < -0.4 is 0 Å². The summed E-state index contributed by atoms with van der Waals surface area (Å²) < 4.78 is 0.0921. The molecule has 174 valence electrons. The molecule has 0 radical (unpaired) electrons. The molecule has 0 saturated carbocycles. The van der Waals surface area contributed by atoms with Crippen molar-refractivity contribution >= 4 is 27.4 Å². The number of phenolic OH excluding ortho intramolecular Hbond substituents is 1. The summed E-state index contributed by atoms with van der Waals surface area (Å²) in [7, 11) is 0. The predicted octanol–water partition coefficient (Wildman–Crippen LogP) is 5.03. The van der Waals surface area contributed by atoms with E-state index >= 15 is 0 Å². The van der Waals surface area contributed by atoms with Gasteiger partial charge in [-0.1, -0.05) is 6.07 Å². The number of piperidine rings is 1. The van der Waals surface area contributed by atoms with Gasteiger partial charge in [-0.25, -0.2) is 4.79 Å². The molecule has 1 N–H and O–H groups in total. The third-order valence-electron chi connectivity index (χ3n) is 6.89. The number of rotatable bonds is 2. The molecule has 2 aliphatic rings. The Morgan fingerprint density at radius 1 is 1.09 bits per heavy atom. The second-order valence-corrected chi connectivity index (χ2v) is 10.1. The lowest BCUT2D eigenvalue weighted by molar-refractivity contribution is -0.807. The highest BCUT2D eigenvalue weighted by Crippen LogP contribution is 2.43. The number of fused-ring (bicyclic) bond motifs is 2. The Labute approximate surface area is 207 Å². The number of likely N-dealkylation sites (tertiary alicyclic amines) is 1. The van der Waals surface area contributed by atoms with E-state index in [1.54, 1.807) is 36.8 Å². The molecule has 1 aliphatic carbocycles. The molecule has 1 aliphatic heterocycles. The van der Waals surface area contributed by atoms with Gasteiger partial charge in [0, 0.05) is 47.0 Å². The number of halogens is 1. The van der Waals surface area contributed by atoms with E-state index in [-0.39, 0.29) is 31.2 Å². The van der Waals surface area contributed by atoms with Crippen LogP contribution in [0.4, 0.5) is 0 Å². The minimum absolute atomic E-state index is 0.110. The van der Waals surface area contributed by atoms with E-state index in [1.807, 2.05) is 6.92 Å². The fourth-order valence-corrected chi connectivity index (χ4v) is 5.52. The Morgan fingerprint density at radius 3 is 2.53 bits per heavy atom. The normalized spacial score (nSPS) is 19.9. The van der Waals surface area contributed by atoms with Crippen LogP contribution in [-0.4, -0.2) is 38.7 Å². The third-order valence-corrected chi connectivity index (χ3v) is 7.32. The van der Waals surface area contributed by atoms with Crippen molar-refractivity contribution in [1.82, 2.24) is 9.97 Å². The first kappa shape index (κ1) is 22.9. The average Bonchev–Trinajstić information content (AvgIpc) is 2.97. The standard InChI is InChI=1S/C27H26BrN3O3/c1-17-12-20-2-3-21-15-22(28)16-30-27(21)26(25(20)23(32)13-17)19-6-10-31(34,11-7-19)24(33)14-18-4-8-29-9-5-18/h4-5,8-9,12-13,15-16,32H,2-3,6-7,10-11,14H2,1H3. The number of nitrogens with zero attached hydrogens (tertiary/aromatic N) is 3. The van der Waals surface area contributed by atoms with Gasteiger partial charge in [-0.3, -0.25) is 14.6 Å². The number of pyridine rings is 2. The van der Waals surface area contributed by atoms with Gasteiger partial charge < -0.3 is 10.3 Å². The monoisotopic (exact) mass is 519 g/mol. The molecule has 1 fully saturated rings. The largest absolute Gasteiger partial charge is 0.625 e. The quantitative estimate of drug-likeness (QED) is 0.379. The topological polar surface area (TPSA) is 86.1 Å². The molecular weight excluding hydrogens is 494 g/mol. The molecule has 2 aromatic heterocycles. The first-order chi connectivity index (χ1) is 16.3. The van der Waals surface area contributed by atoms with E-state index in [4.69, 9.17) is 4.98 Å². The van der Waals surface area contributed by atoms with Gasteiger partial charge in [-0.2, -0.15) is 0 Å². The number of aromatic hydroxyl groups is 1. The van der Waals surface area contributed by atoms with Gasteiger partial charge in [0.15, 0.2) is 0 Å². The zero-order chi connectivity index (χ0) is 23.9. The summed E-state index contributed by atoms with van der Waals surface area (Å²) >= 11 is 3.54. The number of hydroxylamine groups is 3. The Hall–Kier alpha value is -2.87. The number of amides is 1. The number of carbonyl (C=O) groups excluding carboxylic acids is 1. The summed E-state index contributed by atoms with van der Waals surface area (Å²) in [6.07, 6.45) is 7.77. The minimum Gasteiger partial charge on any atom is -0.625 e. The molecule has 7 heteroatoms. The number of hydrogen-bond donors (Lipinski definition) is 1. The van der Waals surface area contributed by atoms with Crippen molar-refractivity contribution in [2.45, 2.75) is 39.0 Å². The molecule has 3 aromatic rings. The highest BCUT2D eigenvalue weighted by Gasteiger charge is 2.34. The Balaban J connectivity index is 1.53. The molecule has 0 bridgehead atoms. The van der Waals surface area contributed by atoms with Gasteiger partial charge in [0.2, 0.25) is 0 Å². The lowest BCUT2D eigenvalue weighted by Gasteiger charge is -2.43. The zero-order valence-electron chi connectivity index (χ0n) is 19.1. The highest BCUT2D eigenvalue weighted by molar-refractivity contribution is 9.10. The van der Waals surface area contributed by atoms with Gasteiger partial charge in [0.05, 0.1) is 25.2 Å². The van der Waals surface area contributed by atoms with E-state index in [0.717, 1.165) is 62.0 Å². The van der Waals surface area contributed by atoms with E-state index in [9.17, 15) is 15.1 Å². The summed E-state index contributed by atoms with van der Waals surface area (Å²) in [5.74, 6) is -0.0743. The van der Waals surface area contributed by atoms with Crippen molar-refractivity contribution in [2.75, 3.05) is 13.1 Å². The third kappa shape index (κ3) is 4.31. The van der Waals surface area contributed by atoms with E-state index in [1.165, 1.54) is 0 Å². The number of hydrogen-bond acceptors (Lipinski definition) is 5. The van der Waals surface area contributed by atoms with Crippen molar-refractivity contribution in [3.8, 4) is 5.75 Å². The van der Waals surface area contributed by atoms with Crippen LogP contribution in [0.1, 0.15) is 46.4 Å². The summed E-state index contributed by atoms with van der Waals surface area (Å²) in [4.78, 5) is 21.6. The van der Waals surface area contributed by atoms with E-state index in [0.29, 0.717) is 12.8 Å². The van der Waals surface area contributed by atoms with Crippen LogP contribution in [0.5, 0.6) is 5.75 Å². The van der Waals surface area contributed by atoms with Crippen molar-refractivity contribution < 1.29 is 14.5 Å². The molecule has 34 heavy (non-hydrogen) atoms. The Bertz CT molecular complexity index is 1290. The maximum absolute atomic E-state index is 13.4. The van der Waals surface area contributed by atoms with Gasteiger partial charge in [-0.05, 0) is 87.8 Å². The fraction of sp³-hybridized carbons (Fsp3) is 0.296. The molecule has 0 spiro atoms. The minimum atomic E-state index is -0.827. The highest BCUT2D eigenvalue weighted by atomic mass is 79.9. The number of quaternary nitrogens is 1. The fourth-order valence-electron chi connectivity index (χ4n) is 5.14. The molecular formula is C27H26BrN3O3. The van der Waals surface area contributed by atoms with Crippen molar-refractivity contribution in [1.29, 1.82) is 0 Å². The first-order valence-electron chi connectivity index (χ1n) is 11.5. The van der Waals surface area contributed by atoms with Crippen molar-refractivity contribution in [2.24, 2.45) is 0 Å². The molecule has 0 atom stereocenters. The molecule has 3 heterocycles. The van der Waals surface area contributed by atoms with Crippen LogP contribution in [0.3, 0.4) is 0 Å². The SMILES string of the molecule is Cc1cc(O)c2c(c1)CCc1cc(Br)cnc1C2=C1CC[N+]([O-])(C(=O)Cc2ccncc2)CC1. The van der Waals surface area contributed by atoms with Gasteiger partial charge >= 0.3 is 5.91 Å². The number of aryl methyl sites for hydroxylation is 3. The van der Waals surface area contributed by atoms with E-state index in [2.05, 4.69) is 33.0 Å². The average molecular weight is 520 g/mol. The van der Waals surface area contributed by atoms with Gasteiger partial charge in [0.25, 0.3) is 0 Å². The van der Waals surface area contributed by atoms with Crippen LogP contribution in [0.2, 0.25) is 0 Å². The lowest BCUT2D eigenvalue weighted by atomic mass is 9.87. The number of benzene rings is 1. The number of carbonyl (C=O) groups is 1. The lowest BCUT2D eigenvalue weighted by Crippen LogP contribution is -2.52. The molecule has 1 saturated heterocycles. The molecule has 0 unspecified atom stereocenters. The van der Waals surface area contributed by atoms with Crippen molar-refractivity contribution in [3.05, 3.63) is 97.7 Å². The predicted molar refractivity (Wildman–Crippen MR) is 134 cm³/mol. The molecule has 6 nitrogen and oxygen atoms in total. The number of phenols is 1. The van der Waals surface area contributed by atoms with Crippen LogP contribution in [0.25, 0.3) is 5.57 Å². The van der Waals surface area contributed by atoms with Crippen LogP contribution in [0.15, 0.2) is 59.0 Å². The maximum Gasteiger partial charge on any atom is 0.318 e. The van der Waals surface area contributed by atoms with Crippen LogP contribution >= 0.6 is 15.9 Å². The second kappa shape index (κ2) is 9.06. The van der Waals surface area contributed by atoms with Crippen LogP contribution in [-0.2, 0) is 24.1 Å². The summed E-state index contributed by atoms with van der Waals surface area (Å²) in [5, 5.41) is 24.5. The summed E-state index contributed by atoms with van der Waals surface area (Å²) in [5.41, 5.74) is 7.73. The van der Waals surface area contributed by atoms with Crippen LogP contribution in [0, 0.1) is 12.1 Å². The molecule has 5 rings (SSSR count). The number of aromatic nitrogens is 2. The second-order valence-electron chi connectivity index (χ2n) is 9.22. The smallest absolute Gasteiger partial charge is 0.318 e. The van der Waals surface area contributed by atoms with Crippen molar-refractivity contribution in [3.63, 3.8) is 0 Å². The van der Waals surface area contributed by atoms with E-state index < -0.39 is 4.65 Å². The van der Waals surface area contributed by atoms with Gasteiger partial charge in [-0.15, -0.1) is 0 Å². The summed E-state index contributed by atoms with van der Waals surface area (Å²) in [6.45, 7) is 2.37. The molecule has 1 amide bonds. The maximum atomic E-state index is 13.4. The van der Waals surface area contributed by atoms with Gasteiger partial charge in [0.1, 0.15) is 5.75 Å². The zero-order valence-corrected chi connectivity index (χ0v) is 20.6. The Kier molecular flexibility index (Phi) is 6.10.